The molecule has 48 heavy (non-hydrogen) atoms. The van der Waals surface area contributed by atoms with Crippen LogP contribution in [-0.4, -0.2) is 18.9 Å². The van der Waals surface area contributed by atoms with Crippen LogP contribution in [0.1, 0.15) is 0 Å². The summed E-state index contributed by atoms with van der Waals surface area (Å²) in [6, 6.07) is 56.6. The number of para-hydroxylation sites is 4. The molecular weight excluding hydrogens is 585 g/mol. The number of hydrogen-bond donors (Lipinski definition) is 0. The molecular formula is C44H26N4. The van der Waals surface area contributed by atoms with E-state index in [1.807, 2.05) is 18.2 Å². The zero-order valence-electron chi connectivity index (χ0n) is 25.8. The first-order chi connectivity index (χ1) is 23.8. The Kier molecular flexibility index (Phi) is 5.08. The van der Waals surface area contributed by atoms with E-state index in [-0.39, 0.29) is 0 Å². The summed E-state index contributed by atoms with van der Waals surface area (Å²) >= 11 is 0. The molecule has 222 valence electrons. The standard InChI is InChI=1S/C44H26N4/c1-3-11-27(12-4-1)28-19-21-40-33(23-28)34-24-29(20-22-41(34)47(40)31-13-5-2-6-14-31)30-25-35-32-15-7-10-18-39(32)48-43(35)36(26-30)42-44(48)46-38-17-9-8-16-37(38)45-42/h1-26H. The van der Waals surface area contributed by atoms with E-state index in [1.165, 1.54) is 60.3 Å². The zero-order valence-corrected chi connectivity index (χ0v) is 25.8. The molecule has 11 rings (SSSR count). The molecule has 0 amide bonds. The van der Waals surface area contributed by atoms with Gasteiger partial charge < -0.3 is 4.57 Å². The average molecular weight is 611 g/mol. The highest BCUT2D eigenvalue weighted by Gasteiger charge is 2.22. The summed E-state index contributed by atoms with van der Waals surface area (Å²) < 4.78 is 4.69. The quantitative estimate of drug-likeness (QED) is 0.199. The Balaban J connectivity index is 1.22. The summed E-state index contributed by atoms with van der Waals surface area (Å²) in [5, 5.41) is 6.05. The lowest BCUT2D eigenvalue weighted by molar-refractivity contribution is 1.18. The minimum Gasteiger partial charge on any atom is -0.309 e. The van der Waals surface area contributed by atoms with Crippen LogP contribution in [0.4, 0.5) is 0 Å². The molecule has 0 bridgehead atoms. The summed E-state index contributed by atoms with van der Waals surface area (Å²) in [6.07, 6.45) is 0. The lowest BCUT2D eigenvalue weighted by Gasteiger charge is -2.09. The molecule has 0 aliphatic heterocycles. The smallest absolute Gasteiger partial charge is 0.165 e. The Morgan fingerprint density at radius 2 is 0.958 bits per heavy atom. The van der Waals surface area contributed by atoms with Gasteiger partial charge in [0.15, 0.2) is 5.65 Å². The van der Waals surface area contributed by atoms with Crippen LogP contribution in [0.15, 0.2) is 158 Å². The number of aromatic nitrogens is 4. The van der Waals surface area contributed by atoms with Crippen LogP contribution < -0.4 is 0 Å². The summed E-state index contributed by atoms with van der Waals surface area (Å²) in [7, 11) is 0. The van der Waals surface area contributed by atoms with E-state index in [4.69, 9.17) is 9.97 Å². The van der Waals surface area contributed by atoms with Gasteiger partial charge in [-0.1, -0.05) is 91.0 Å². The molecule has 4 heterocycles. The molecule has 4 heteroatoms. The second kappa shape index (κ2) is 9.50. The van der Waals surface area contributed by atoms with Crippen molar-refractivity contribution in [3.8, 4) is 27.9 Å². The minimum absolute atomic E-state index is 0.905. The predicted octanol–water partition coefficient (Wildman–Crippen LogP) is 11.2. The van der Waals surface area contributed by atoms with Gasteiger partial charge in [0, 0.05) is 32.6 Å². The highest BCUT2D eigenvalue weighted by Crippen LogP contribution is 2.42. The van der Waals surface area contributed by atoms with E-state index in [2.05, 4.69) is 148 Å². The molecule has 4 aromatic heterocycles. The van der Waals surface area contributed by atoms with Gasteiger partial charge >= 0.3 is 0 Å². The number of nitrogens with zero attached hydrogens (tertiary/aromatic N) is 4. The van der Waals surface area contributed by atoms with E-state index in [0.29, 0.717) is 0 Å². The highest BCUT2D eigenvalue weighted by molar-refractivity contribution is 6.24. The van der Waals surface area contributed by atoms with Gasteiger partial charge in [-0.25, -0.2) is 9.97 Å². The van der Waals surface area contributed by atoms with Gasteiger partial charge in [-0.3, -0.25) is 4.40 Å². The summed E-state index contributed by atoms with van der Waals surface area (Å²) in [4.78, 5) is 10.3. The van der Waals surface area contributed by atoms with Crippen molar-refractivity contribution in [2.75, 3.05) is 0 Å². The maximum absolute atomic E-state index is 5.19. The van der Waals surface area contributed by atoms with Crippen molar-refractivity contribution in [1.29, 1.82) is 0 Å². The van der Waals surface area contributed by atoms with Crippen LogP contribution in [0, 0.1) is 0 Å². The van der Waals surface area contributed by atoms with Crippen LogP contribution in [0.25, 0.3) is 99.1 Å². The fraction of sp³-hybridized carbons (Fsp3) is 0. The Morgan fingerprint density at radius 3 is 1.71 bits per heavy atom. The Hall–Kier alpha value is -6.52. The maximum atomic E-state index is 5.19. The van der Waals surface area contributed by atoms with Crippen molar-refractivity contribution >= 4 is 71.2 Å². The Morgan fingerprint density at radius 1 is 0.375 bits per heavy atom. The average Bonchev–Trinajstić information content (AvgIpc) is 3.78. The summed E-state index contributed by atoms with van der Waals surface area (Å²) in [5.74, 6) is 0. The van der Waals surface area contributed by atoms with Crippen molar-refractivity contribution in [3.63, 3.8) is 0 Å². The van der Waals surface area contributed by atoms with Crippen LogP contribution in [0.2, 0.25) is 0 Å². The van der Waals surface area contributed by atoms with Gasteiger partial charge in [-0.2, -0.15) is 0 Å². The predicted molar refractivity (Wildman–Crippen MR) is 199 cm³/mol. The first-order valence-corrected chi connectivity index (χ1v) is 16.3. The molecule has 0 aliphatic carbocycles. The molecule has 0 fully saturated rings. The molecule has 0 spiro atoms. The van der Waals surface area contributed by atoms with Gasteiger partial charge in [-0.05, 0) is 89.0 Å². The van der Waals surface area contributed by atoms with Gasteiger partial charge in [0.2, 0.25) is 0 Å². The van der Waals surface area contributed by atoms with Crippen molar-refractivity contribution < 1.29 is 0 Å². The largest absolute Gasteiger partial charge is 0.309 e. The van der Waals surface area contributed by atoms with Gasteiger partial charge in [0.1, 0.15) is 5.52 Å². The van der Waals surface area contributed by atoms with E-state index < -0.39 is 0 Å². The summed E-state index contributed by atoms with van der Waals surface area (Å²) in [5.41, 5.74) is 14.3. The van der Waals surface area contributed by atoms with Gasteiger partial charge in [0.05, 0.1) is 33.1 Å². The van der Waals surface area contributed by atoms with Crippen molar-refractivity contribution in [3.05, 3.63) is 158 Å². The fourth-order valence-corrected chi connectivity index (χ4v) is 7.86. The normalized spacial score (nSPS) is 12.2. The second-order valence-corrected chi connectivity index (χ2v) is 12.7. The van der Waals surface area contributed by atoms with Crippen molar-refractivity contribution in [1.82, 2.24) is 18.9 Å². The number of hydrogen-bond acceptors (Lipinski definition) is 2. The molecule has 0 saturated heterocycles. The monoisotopic (exact) mass is 610 g/mol. The van der Waals surface area contributed by atoms with Crippen LogP contribution in [-0.2, 0) is 0 Å². The molecule has 0 N–H and O–H groups in total. The third-order valence-corrected chi connectivity index (χ3v) is 10.0. The summed E-state index contributed by atoms with van der Waals surface area (Å²) in [6.45, 7) is 0. The van der Waals surface area contributed by atoms with E-state index in [0.717, 1.165) is 38.8 Å². The molecule has 0 saturated carbocycles. The van der Waals surface area contributed by atoms with Gasteiger partial charge in [0.25, 0.3) is 0 Å². The van der Waals surface area contributed by atoms with Gasteiger partial charge in [-0.15, -0.1) is 0 Å². The molecule has 0 aliphatic rings. The highest BCUT2D eigenvalue weighted by atomic mass is 15.0. The SMILES string of the molecule is c1ccc(-c2ccc3c(c2)c2cc(-c4cc5c6ccccc6n6c7nc8ccccc8nc7c(c4)c56)ccc2n3-c2ccccc2)cc1. The van der Waals surface area contributed by atoms with E-state index in [9.17, 15) is 0 Å². The Labute approximate surface area is 275 Å². The maximum Gasteiger partial charge on any atom is 0.165 e. The molecule has 0 atom stereocenters. The van der Waals surface area contributed by atoms with E-state index in [1.54, 1.807) is 0 Å². The number of benzene rings is 7. The first kappa shape index (κ1) is 25.6. The minimum atomic E-state index is 0.905. The molecule has 4 nitrogen and oxygen atoms in total. The van der Waals surface area contributed by atoms with E-state index >= 15 is 0 Å². The molecule has 7 aromatic carbocycles. The Bertz CT molecular complexity index is 3040. The zero-order chi connectivity index (χ0) is 31.3. The lowest BCUT2D eigenvalue weighted by Crippen LogP contribution is -1.93. The number of rotatable bonds is 3. The topological polar surface area (TPSA) is 35.1 Å². The molecule has 0 unspecified atom stereocenters. The molecule has 0 radical (unpaired) electrons. The fourth-order valence-electron chi connectivity index (χ4n) is 7.86. The lowest BCUT2D eigenvalue weighted by atomic mass is 9.98. The van der Waals surface area contributed by atoms with Crippen molar-refractivity contribution in [2.45, 2.75) is 0 Å². The van der Waals surface area contributed by atoms with Crippen molar-refractivity contribution in [2.24, 2.45) is 0 Å². The third kappa shape index (κ3) is 3.49. The molecule has 11 aromatic rings. The number of fused-ring (bicyclic) bond motifs is 10. The first-order valence-electron chi connectivity index (χ1n) is 16.3. The third-order valence-electron chi connectivity index (χ3n) is 10.0. The van der Waals surface area contributed by atoms with Crippen LogP contribution in [0.3, 0.4) is 0 Å². The van der Waals surface area contributed by atoms with Crippen LogP contribution in [0.5, 0.6) is 0 Å². The van der Waals surface area contributed by atoms with Crippen LogP contribution >= 0.6 is 0 Å². The second-order valence-electron chi connectivity index (χ2n) is 12.7.